The minimum absolute atomic E-state index is 0.0322. The van der Waals surface area contributed by atoms with Crippen LogP contribution in [0.5, 0.6) is 5.75 Å². The van der Waals surface area contributed by atoms with Crippen molar-refractivity contribution < 1.29 is 14.3 Å². The Labute approximate surface area is 212 Å². The number of nitrogens with zero attached hydrogens (tertiary/aromatic N) is 2. The topological polar surface area (TPSA) is 84.3 Å². The van der Waals surface area contributed by atoms with Gasteiger partial charge in [-0.05, 0) is 37.0 Å². The minimum atomic E-state index is -0.121. The van der Waals surface area contributed by atoms with E-state index < -0.39 is 0 Å². The molecule has 1 aromatic carbocycles. The van der Waals surface area contributed by atoms with Crippen LogP contribution in [-0.2, 0) is 9.53 Å². The Morgan fingerprint density at radius 2 is 1.97 bits per heavy atom. The minimum Gasteiger partial charge on any atom is -0.498 e. The molecule has 4 rings (SSSR count). The average Bonchev–Trinajstić information content (AvgIpc) is 2.87. The van der Waals surface area contributed by atoms with Crippen LogP contribution in [0.2, 0.25) is 0 Å². The SMILES string of the molecule is COC1=C2/N=C3/NC=Nc4ccc(cc43)OCCCCCCC(C)C(C)C(=O)N/C=C\2C(Cl)=CC1. The number of hydrogen-bond acceptors (Lipinski definition) is 6. The Morgan fingerprint density at radius 3 is 2.80 bits per heavy atom. The van der Waals surface area contributed by atoms with Crippen molar-refractivity contribution in [2.45, 2.75) is 52.4 Å². The van der Waals surface area contributed by atoms with Gasteiger partial charge in [0.15, 0.2) is 0 Å². The number of hydrogen-bond donors (Lipinski definition) is 2. The second kappa shape index (κ2) is 11.6. The zero-order valence-electron chi connectivity index (χ0n) is 20.6. The van der Waals surface area contributed by atoms with E-state index in [2.05, 4.69) is 22.5 Å². The standard InChI is InChI=1S/C27H33ClN4O3/c1-17-8-6-4-5-7-13-35-19-9-11-23-20(14-19)26(31-16-30-23)32-25-21(15-29-27(33)18(17)2)22(28)10-12-24(25)34-3/h9-11,14-18H,4-8,12-13H2,1-3H3,(H,29,33)(H,30,31,32)/b21-15-. The van der Waals surface area contributed by atoms with Crippen LogP contribution in [0.3, 0.4) is 0 Å². The summed E-state index contributed by atoms with van der Waals surface area (Å²) in [5.74, 6) is 2.17. The molecule has 1 aromatic rings. The number of fused-ring (bicyclic) bond motifs is 2. The number of aliphatic imine (C=N–C) groups is 2. The molecule has 186 valence electrons. The molecule has 8 heteroatoms. The maximum absolute atomic E-state index is 12.9. The van der Waals surface area contributed by atoms with Crippen molar-refractivity contribution in [2.24, 2.45) is 21.8 Å². The summed E-state index contributed by atoms with van der Waals surface area (Å²) in [6.45, 7) is 4.77. The van der Waals surface area contributed by atoms with Gasteiger partial charge in [-0.1, -0.05) is 50.8 Å². The highest BCUT2D eigenvalue weighted by molar-refractivity contribution is 6.32. The van der Waals surface area contributed by atoms with Crippen molar-refractivity contribution in [3.8, 4) is 5.75 Å². The largest absolute Gasteiger partial charge is 0.498 e. The molecule has 0 saturated carbocycles. The van der Waals surface area contributed by atoms with Gasteiger partial charge in [-0.3, -0.25) is 4.79 Å². The number of amidine groups is 1. The fourth-order valence-electron chi connectivity index (χ4n) is 4.34. The molecule has 1 amide bonds. The number of methoxy groups -OCH3 is 1. The highest BCUT2D eigenvalue weighted by Gasteiger charge is 2.24. The van der Waals surface area contributed by atoms with Crippen LogP contribution < -0.4 is 15.4 Å². The van der Waals surface area contributed by atoms with Gasteiger partial charge in [0.1, 0.15) is 23.0 Å². The lowest BCUT2D eigenvalue weighted by atomic mass is 9.90. The molecular formula is C27H33ClN4O3. The molecule has 2 bridgehead atoms. The first-order valence-electron chi connectivity index (χ1n) is 12.3. The second-order valence-electron chi connectivity index (χ2n) is 9.16. The van der Waals surface area contributed by atoms with Gasteiger partial charge in [-0.15, -0.1) is 0 Å². The first-order chi connectivity index (χ1) is 17.0. The molecule has 1 aliphatic carbocycles. The molecule has 2 aliphatic heterocycles. The van der Waals surface area contributed by atoms with Gasteiger partial charge in [0.2, 0.25) is 5.91 Å². The van der Waals surface area contributed by atoms with Crippen LogP contribution in [0.1, 0.15) is 57.9 Å². The normalized spacial score (nSPS) is 26.6. The van der Waals surface area contributed by atoms with Crippen molar-refractivity contribution in [3.05, 3.63) is 58.1 Å². The second-order valence-corrected chi connectivity index (χ2v) is 9.57. The monoisotopic (exact) mass is 496 g/mol. The molecule has 2 N–H and O–H groups in total. The number of carbonyl (C=O) groups excluding carboxylic acids is 1. The maximum atomic E-state index is 12.9. The predicted octanol–water partition coefficient (Wildman–Crippen LogP) is 5.70. The Bertz CT molecular complexity index is 1120. The van der Waals surface area contributed by atoms with Gasteiger partial charge in [-0.25, -0.2) is 9.98 Å². The maximum Gasteiger partial charge on any atom is 0.227 e. The lowest BCUT2D eigenvalue weighted by Gasteiger charge is -2.21. The van der Waals surface area contributed by atoms with Crippen molar-refractivity contribution in [3.63, 3.8) is 0 Å². The van der Waals surface area contributed by atoms with Crippen LogP contribution in [-0.4, -0.2) is 31.8 Å². The third-order valence-corrected chi connectivity index (χ3v) is 7.15. The van der Waals surface area contributed by atoms with Crippen LogP contribution >= 0.6 is 11.6 Å². The molecular weight excluding hydrogens is 464 g/mol. The third-order valence-electron chi connectivity index (χ3n) is 6.79. The van der Waals surface area contributed by atoms with Gasteiger partial charge in [-0.2, -0.15) is 0 Å². The molecule has 2 atom stereocenters. The van der Waals surface area contributed by atoms with E-state index in [1.807, 2.05) is 31.2 Å². The Balaban J connectivity index is 1.75. The molecule has 35 heavy (non-hydrogen) atoms. The van der Waals surface area contributed by atoms with Gasteiger partial charge in [0, 0.05) is 34.7 Å². The fourth-order valence-corrected chi connectivity index (χ4v) is 4.56. The lowest BCUT2D eigenvalue weighted by Crippen LogP contribution is -2.30. The van der Waals surface area contributed by atoms with Crippen molar-refractivity contribution >= 4 is 35.4 Å². The van der Waals surface area contributed by atoms with E-state index in [0.29, 0.717) is 40.9 Å². The van der Waals surface area contributed by atoms with E-state index in [0.717, 1.165) is 49.1 Å². The van der Waals surface area contributed by atoms with E-state index in [4.69, 9.17) is 26.1 Å². The zero-order valence-corrected chi connectivity index (χ0v) is 21.3. The van der Waals surface area contributed by atoms with Crippen LogP contribution in [0, 0.1) is 11.8 Å². The van der Waals surface area contributed by atoms with Crippen LogP contribution in [0.25, 0.3) is 0 Å². The zero-order chi connectivity index (χ0) is 24.8. The summed E-state index contributed by atoms with van der Waals surface area (Å²) in [4.78, 5) is 22.3. The summed E-state index contributed by atoms with van der Waals surface area (Å²) in [5, 5.41) is 6.62. The lowest BCUT2D eigenvalue weighted by molar-refractivity contribution is -0.125. The van der Waals surface area contributed by atoms with Gasteiger partial charge >= 0.3 is 0 Å². The molecule has 0 radical (unpaired) electrons. The van der Waals surface area contributed by atoms with E-state index in [-0.39, 0.29) is 17.7 Å². The third kappa shape index (κ3) is 5.96. The number of benzene rings is 1. The number of amides is 1. The van der Waals surface area contributed by atoms with E-state index >= 15 is 0 Å². The quantitative estimate of drug-likeness (QED) is 0.522. The van der Waals surface area contributed by atoms with Crippen LogP contribution in [0.4, 0.5) is 5.69 Å². The summed E-state index contributed by atoms with van der Waals surface area (Å²) in [5.41, 5.74) is 2.78. The highest BCUT2D eigenvalue weighted by atomic mass is 35.5. The summed E-state index contributed by atoms with van der Waals surface area (Å²) >= 11 is 6.60. The van der Waals surface area contributed by atoms with Crippen molar-refractivity contribution in [2.75, 3.05) is 13.7 Å². The van der Waals surface area contributed by atoms with Gasteiger partial charge in [0.25, 0.3) is 0 Å². The Kier molecular flexibility index (Phi) is 8.29. The summed E-state index contributed by atoms with van der Waals surface area (Å²) in [6.07, 6.45) is 10.9. The first-order valence-corrected chi connectivity index (χ1v) is 12.6. The number of ether oxygens (including phenoxy) is 2. The molecule has 3 aliphatic rings. The molecule has 2 unspecified atom stereocenters. The molecule has 0 saturated heterocycles. The van der Waals surface area contributed by atoms with Gasteiger partial charge < -0.3 is 20.1 Å². The number of nitrogens with one attached hydrogen (secondary N) is 2. The number of allylic oxidation sites excluding steroid dienone is 2. The number of carbonyl (C=O) groups is 1. The van der Waals surface area contributed by atoms with E-state index in [1.165, 1.54) is 0 Å². The van der Waals surface area contributed by atoms with Crippen molar-refractivity contribution in [1.82, 2.24) is 10.6 Å². The molecule has 0 fully saturated rings. The molecule has 0 spiro atoms. The number of rotatable bonds is 1. The molecule has 2 heterocycles. The highest BCUT2D eigenvalue weighted by Crippen LogP contribution is 2.35. The average molecular weight is 497 g/mol. The van der Waals surface area contributed by atoms with E-state index in [1.54, 1.807) is 19.6 Å². The Hall–Kier alpha value is -3.06. The van der Waals surface area contributed by atoms with Crippen molar-refractivity contribution in [1.29, 1.82) is 0 Å². The summed E-state index contributed by atoms with van der Waals surface area (Å²) < 4.78 is 11.7. The number of halogens is 1. The van der Waals surface area contributed by atoms with E-state index in [9.17, 15) is 4.79 Å². The summed E-state index contributed by atoms with van der Waals surface area (Å²) in [7, 11) is 1.61. The van der Waals surface area contributed by atoms with Gasteiger partial charge in [0.05, 0.1) is 25.7 Å². The molecule has 0 aromatic heterocycles. The fraction of sp³-hybridized carbons (Fsp3) is 0.444. The predicted molar refractivity (Wildman–Crippen MR) is 140 cm³/mol. The molecule has 7 nitrogen and oxygen atoms in total. The smallest absolute Gasteiger partial charge is 0.227 e. The Morgan fingerprint density at radius 1 is 1.14 bits per heavy atom. The summed E-state index contributed by atoms with van der Waals surface area (Å²) in [6, 6.07) is 5.82. The first kappa shape index (κ1) is 25.0. The van der Waals surface area contributed by atoms with Crippen LogP contribution in [0.15, 0.2) is 62.5 Å².